The molecule has 2 amide bonds. The van der Waals surface area contributed by atoms with E-state index in [1.54, 1.807) is 10.7 Å². The highest BCUT2D eigenvalue weighted by atomic mass is 16.2. The summed E-state index contributed by atoms with van der Waals surface area (Å²) in [6.07, 6.45) is 3.79. The van der Waals surface area contributed by atoms with Crippen molar-refractivity contribution in [3.05, 3.63) is 53.3 Å². The summed E-state index contributed by atoms with van der Waals surface area (Å²) in [4.78, 5) is 24.6. The van der Waals surface area contributed by atoms with Crippen LogP contribution in [0.5, 0.6) is 0 Å². The summed E-state index contributed by atoms with van der Waals surface area (Å²) in [5.41, 5.74) is 2.59. The van der Waals surface area contributed by atoms with Gasteiger partial charge in [-0.25, -0.2) is 0 Å². The standard InChI is InChI=1S/C19H25N5O2/c1-3-21-18(25)14-6-4-5-13(7-14)8-22-19(26)17-11-20-10-16(17)15-9-23-24(2)12-15/h4-7,9,12,16-17,20H,3,8,10-11H2,1-2H3,(H,21,25)(H,22,26)/t16-,17+/m1/s1. The van der Waals surface area contributed by atoms with Crippen LogP contribution in [0.4, 0.5) is 0 Å². The molecule has 0 bridgehead atoms. The third-order valence-corrected chi connectivity index (χ3v) is 4.70. The van der Waals surface area contributed by atoms with Gasteiger partial charge in [0.1, 0.15) is 0 Å². The van der Waals surface area contributed by atoms with Crippen LogP contribution in [-0.2, 0) is 18.4 Å². The molecule has 0 saturated carbocycles. The number of hydrogen-bond acceptors (Lipinski definition) is 4. The van der Waals surface area contributed by atoms with Gasteiger partial charge in [-0.15, -0.1) is 0 Å². The largest absolute Gasteiger partial charge is 0.352 e. The molecule has 138 valence electrons. The Labute approximate surface area is 153 Å². The van der Waals surface area contributed by atoms with Gasteiger partial charge in [0.15, 0.2) is 0 Å². The number of benzene rings is 1. The minimum absolute atomic E-state index is 0.0206. The molecule has 2 atom stereocenters. The molecule has 2 heterocycles. The van der Waals surface area contributed by atoms with Crippen LogP contribution in [0, 0.1) is 5.92 Å². The van der Waals surface area contributed by atoms with Crippen molar-refractivity contribution in [1.82, 2.24) is 25.7 Å². The molecule has 3 rings (SSSR count). The molecule has 0 unspecified atom stereocenters. The normalized spacial score (nSPS) is 19.3. The zero-order valence-electron chi connectivity index (χ0n) is 15.2. The van der Waals surface area contributed by atoms with E-state index in [-0.39, 0.29) is 23.7 Å². The molecule has 1 aromatic carbocycles. The Hall–Kier alpha value is -2.67. The first-order chi connectivity index (χ1) is 12.6. The lowest BCUT2D eigenvalue weighted by Gasteiger charge is -2.17. The molecule has 0 spiro atoms. The Morgan fingerprint density at radius 2 is 2.15 bits per heavy atom. The first-order valence-electron chi connectivity index (χ1n) is 8.92. The van der Waals surface area contributed by atoms with Crippen LogP contribution < -0.4 is 16.0 Å². The molecule has 1 saturated heterocycles. The van der Waals surface area contributed by atoms with E-state index in [4.69, 9.17) is 0 Å². The molecule has 0 radical (unpaired) electrons. The molecule has 0 aliphatic carbocycles. The van der Waals surface area contributed by atoms with Gasteiger partial charge in [0, 0.05) is 50.9 Å². The van der Waals surface area contributed by atoms with Crippen LogP contribution in [0.1, 0.15) is 34.3 Å². The molecule has 1 aromatic heterocycles. The van der Waals surface area contributed by atoms with E-state index < -0.39 is 0 Å². The van der Waals surface area contributed by atoms with Gasteiger partial charge in [-0.2, -0.15) is 5.10 Å². The fourth-order valence-electron chi connectivity index (χ4n) is 3.34. The first kappa shape index (κ1) is 18.1. The van der Waals surface area contributed by atoms with E-state index in [0.29, 0.717) is 25.2 Å². The fraction of sp³-hybridized carbons (Fsp3) is 0.421. The Bertz CT molecular complexity index is 786. The van der Waals surface area contributed by atoms with Gasteiger partial charge >= 0.3 is 0 Å². The molecule has 7 nitrogen and oxygen atoms in total. The van der Waals surface area contributed by atoms with Crippen LogP contribution >= 0.6 is 0 Å². The van der Waals surface area contributed by atoms with Crippen molar-refractivity contribution >= 4 is 11.8 Å². The van der Waals surface area contributed by atoms with Crippen LogP contribution in [0.25, 0.3) is 0 Å². The Morgan fingerprint density at radius 3 is 2.88 bits per heavy atom. The van der Waals surface area contributed by atoms with Crippen LogP contribution in [-0.4, -0.2) is 41.2 Å². The summed E-state index contributed by atoms with van der Waals surface area (Å²) in [5, 5.41) is 13.3. The third kappa shape index (κ3) is 4.11. The lowest BCUT2D eigenvalue weighted by molar-refractivity contribution is -0.125. The second kappa shape index (κ2) is 8.14. The molecule has 1 aliphatic rings. The molecular weight excluding hydrogens is 330 g/mol. The van der Waals surface area contributed by atoms with Gasteiger partial charge < -0.3 is 16.0 Å². The van der Waals surface area contributed by atoms with Crippen molar-refractivity contribution in [3.63, 3.8) is 0 Å². The second-order valence-electron chi connectivity index (χ2n) is 6.60. The summed E-state index contributed by atoms with van der Waals surface area (Å²) < 4.78 is 1.76. The predicted molar refractivity (Wildman–Crippen MR) is 98.6 cm³/mol. The number of aromatic nitrogens is 2. The maximum absolute atomic E-state index is 12.7. The van der Waals surface area contributed by atoms with E-state index in [1.807, 2.05) is 44.6 Å². The predicted octanol–water partition coefficient (Wildman–Crippen LogP) is 0.789. The molecule has 7 heteroatoms. The number of carbonyl (C=O) groups excluding carboxylic acids is 2. The number of nitrogens with zero attached hydrogens (tertiary/aromatic N) is 2. The number of carbonyl (C=O) groups is 2. The van der Waals surface area contributed by atoms with Gasteiger partial charge in [0.25, 0.3) is 5.91 Å². The maximum Gasteiger partial charge on any atom is 0.251 e. The average Bonchev–Trinajstić information content (AvgIpc) is 3.29. The summed E-state index contributed by atoms with van der Waals surface area (Å²) >= 11 is 0. The van der Waals surface area contributed by atoms with Crippen molar-refractivity contribution in [2.24, 2.45) is 13.0 Å². The Kier molecular flexibility index (Phi) is 5.68. The van der Waals surface area contributed by atoms with E-state index in [1.165, 1.54) is 0 Å². The highest BCUT2D eigenvalue weighted by molar-refractivity contribution is 5.94. The summed E-state index contributed by atoms with van der Waals surface area (Å²) in [6.45, 7) is 4.31. The molecule has 1 aliphatic heterocycles. The van der Waals surface area contributed by atoms with Crippen LogP contribution in [0.2, 0.25) is 0 Å². The van der Waals surface area contributed by atoms with Crippen molar-refractivity contribution in [3.8, 4) is 0 Å². The summed E-state index contributed by atoms with van der Waals surface area (Å²) in [5.74, 6) is -0.0688. The van der Waals surface area contributed by atoms with E-state index in [9.17, 15) is 9.59 Å². The molecule has 26 heavy (non-hydrogen) atoms. The average molecular weight is 355 g/mol. The minimum atomic E-state index is -0.120. The number of hydrogen-bond donors (Lipinski definition) is 3. The highest BCUT2D eigenvalue weighted by Gasteiger charge is 2.34. The number of nitrogens with one attached hydrogen (secondary N) is 3. The number of rotatable bonds is 6. The Morgan fingerprint density at radius 1 is 1.31 bits per heavy atom. The Balaban J connectivity index is 1.61. The zero-order chi connectivity index (χ0) is 18.5. The van der Waals surface area contributed by atoms with Gasteiger partial charge in [0.05, 0.1) is 12.1 Å². The smallest absolute Gasteiger partial charge is 0.251 e. The zero-order valence-corrected chi connectivity index (χ0v) is 15.2. The lowest BCUT2D eigenvalue weighted by atomic mass is 9.90. The van der Waals surface area contributed by atoms with Crippen molar-refractivity contribution in [1.29, 1.82) is 0 Å². The highest BCUT2D eigenvalue weighted by Crippen LogP contribution is 2.27. The fourth-order valence-corrected chi connectivity index (χ4v) is 3.34. The van der Waals surface area contributed by atoms with Crippen molar-refractivity contribution < 1.29 is 9.59 Å². The first-order valence-corrected chi connectivity index (χ1v) is 8.92. The molecule has 1 fully saturated rings. The van der Waals surface area contributed by atoms with Crippen LogP contribution in [0.3, 0.4) is 0 Å². The number of amides is 2. The quantitative estimate of drug-likeness (QED) is 0.715. The topological polar surface area (TPSA) is 88.1 Å². The summed E-state index contributed by atoms with van der Waals surface area (Å²) in [6, 6.07) is 7.34. The van der Waals surface area contributed by atoms with Gasteiger partial charge in [-0.1, -0.05) is 12.1 Å². The van der Waals surface area contributed by atoms with Gasteiger partial charge in [-0.05, 0) is 30.2 Å². The lowest BCUT2D eigenvalue weighted by Crippen LogP contribution is -2.34. The van der Waals surface area contributed by atoms with Gasteiger partial charge in [0.2, 0.25) is 5.91 Å². The molecular formula is C19H25N5O2. The van der Waals surface area contributed by atoms with E-state index in [0.717, 1.165) is 17.7 Å². The van der Waals surface area contributed by atoms with Crippen LogP contribution in [0.15, 0.2) is 36.7 Å². The third-order valence-electron chi connectivity index (χ3n) is 4.70. The monoisotopic (exact) mass is 355 g/mol. The summed E-state index contributed by atoms with van der Waals surface area (Å²) in [7, 11) is 1.88. The van der Waals surface area contributed by atoms with Crippen molar-refractivity contribution in [2.45, 2.75) is 19.4 Å². The minimum Gasteiger partial charge on any atom is -0.352 e. The molecule has 2 aromatic rings. The van der Waals surface area contributed by atoms with E-state index >= 15 is 0 Å². The maximum atomic E-state index is 12.7. The SMILES string of the molecule is CCNC(=O)c1cccc(CNC(=O)[C@H]2CNC[C@@H]2c2cnn(C)c2)c1. The molecule has 3 N–H and O–H groups in total. The van der Waals surface area contributed by atoms with Gasteiger partial charge in [-0.3, -0.25) is 14.3 Å². The number of aryl methyl sites for hydroxylation is 1. The van der Waals surface area contributed by atoms with Crippen molar-refractivity contribution in [2.75, 3.05) is 19.6 Å². The second-order valence-corrected chi connectivity index (χ2v) is 6.60. The van der Waals surface area contributed by atoms with E-state index in [2.05, 4.69) is 21.0 Å².